The van der Waals surface area contributed by atoms with Gasteiger partial charge >= 0.3 is 0 Å². The second-order valence-corrected chi connectivity index (χ2v) is 9.57. The molecule has 8 nitrogen and oxygen atoms in total. The molecule has 2 fully saturated rings. The molecule has 1 saturated heterocycles. The number of hydrogen-bond acceptors (Lipinski definition) is 7. The SMILES string of the molecule is CC(C)C[C@H](c1nnnn1C1CCCC1)N1CCN(Cc2ccc3c(c2)OCO3)CC1. The zero-order chi connectivity index (χ0) is 21.2. The number of hydrogen-bond donors (Lipinski definition) is 0. The Labute approximate surface area is 184 Å². The van der Waals surface area contributed by atoms with Gasteiger partial charge in [0.1, 0.15) is 0 Å². The molecule has 168 valence electrons. The first kappa shape index (κ1) is 20.7. The van der Waals surface area contributed by atoms with Crippen LogP contribution in [0.4, 0.5) is 0 Å². The summed E-state index contributed by atoms with van der Waals surface area (Å²) >= 11 is 0. The van der Waals surface area contributed by atoms with Crippen molar-refractivity contribution in [2.75, 3.05) is 33.0 Å². The molecule has 0 amide bonds. The highest BCUT2D eigenvalue weighted by molar-refractivity contribution is 5.44. The standard InChI is InChI=1S/C23H34N6O2/c1-17(2)13-20(23-24-25-26-29(23)19-5-3-4-6-19)28-11-9-27(10-12-28)15-18-7-8-21-22(14-18)31-16-30-21/h7-8,14,17,19-20H,3-6,9-13,15-16H2,1-2H3/t20-/m1/s1. The van der Waals surface area contributed by atoms with Crippen molar-refractivity contribution in [3.8, 4) is 11.5 Å². The van der Waals surface area contributed by atoms with Crippen molar-refractivity contribution in [2.45, 2.75) is 64.6 Å². The van der Waals surface area contributed by atoms with Crippen molar-refractivity contribution in [2.24, 2.45) is 5.92 Å². The minimum atomic E-state index is 0.295. The highest BCUT2D eigenvalue weighted by atomic mass is 16.7. The Morgan fingerprint density at radius 1 is 1.03 bits per heavy atom. The molecule has 0 N–H and O–H groups in total. The fourth-order valence-corrected chi connectivity index (χ4v) is 5.22. The van der Waals surface area contributed by atoms with Crippen LogP contribution in [0.15, 0.2) is 18.2 Å². The second kappa shape index (κ2) is 9.12. The van der Waals surface area contributed by atoms with Crippen molar-refractivity contribution in [3.63, 3.8) is 0 Å². The Bertz CT molecular complexity index is 871. The Morgan fingerprint density at radius 3 is 2.58 bits per heavy atom. The maximum absolute atomic E-state index is 5.54. The van der Waals surface area contributed by atoms with E-state index >= 15 is 0 Å². The van der Waals surface area contributed by atoms with Gasteiger partial charge < -0.3 is 9.47 Å². The third kappa shape index (κ3) is 4.55. The average Bonchev–Trinajstić information content (AvgIpc) is 3.53. The number of tetrazole rings is 1. The predicted molar refractivity (Wildman–Crippen MR) is 117 cm³/mol. The van der Waals surface area contributed by atoms with Crippen LogP contribution >= 0.6 is 0 Å². The fourth-order valence-electron chi connectivity index (χ4n) is 5.22. The van der Waals surface area contributed by atoms with E-state index in [-0.39, 0.29) is 0 Å². The predicted octanol–water partition coefficient (Wildman–Crippen LogP) is 3.42. The highest BCUT2D eigenvalue weighted by Gasteiger charge is 2.32. The molecule has 0 unspecified atom stereocenters. The van der Waals surface area contributed by atoms with Crippen LogP contribution in [-0.2, 0) is 6.54 Å². The zero-order valence-corrected chi connectivity index (χ0v) is 18.7. The van der Waals surface area contributed by atoms with E-state index in [1.807, 2.05) is 6.07 Å². The summed E-state index contributed by atoms with van der Waals surface area (Å²) in [6, 6.07) is 7.06. The van der Waals surface area contributed by atoms with E-state index in [1.54, 1.807) is 0 Å². The zero-order valence-electron chi connectivity index (χ0n) is 18.7. The number of rotatable bonds is 7. The molecule has 1 aromatic carbocycles. The van der Waals surface area contributed by atoms with Crippen LogP contribution < -0.4 is 9.47 Å². The molecule has 2 aliphatic heterocycles. The lowest BCUT2D eigenvalue weighted by Gasteiger charge is -2.39. The molecule has 5 rings (SSSR count). The summed E-state index contributed by atoms with van der Waals surface area (Å²) in [4.78, 5) is 5.13. The minimum absolute atomic E-state index is 0.295. The van der Waals surface area contributed by atoms with Gasteiger partial charge in [-0.05, 0) is 53.3 Å². The molecule has 3 aliphatic rings. The Hall–Kier alpha value is -2.19. The van der Waals surface area contributed by atoms with Crippen LogP contribution in [0.5, 0.6) is 11.5 Å². The molecular weight excluding hydrogens is 392 g/mol. The van der Waals surface area contributed by atoms with Gasteiger partial charge in [-0.15, -0.1) is 5.10 Å². The number of aromatic nitrogens is 4. The van der Waals surface area contributed by atoms with Gasteiger partial charge in [-0.2, -0.15) is 0 Å². The molecule has 1 aliphatic carbocycles. The maximum Gasteiger partial charge on any atom is 0.231 e. The van der Waals surface area contributed by atoms with Gasteiger partial charge in [-0.25, -0.2) is 4.68 Å². The van der Waals surface area contributed by atoms with Crippen LogP contribution in [-0.4, -0.2) is 63.0 Å². The molecule has 31 heavy (non-hydrogen) atoms. The first-order valence-electron chi connectivity index (χ1n) is 11.8. The van der Waals surface area contributed by atoms with Crippen LogP contribution in [0.2, 0.25) is 0 Å². The van der Waals surface area contributed by atoms with Crippen LogP contribution in [0.1, 0.15) is 69.4 Å². The van der Waals surface area contributed by atoms with E-state index in [2.05, 4.69) is 56.0 Å². The largest absolute Gasteiger partial charge is 0.454 e. The summed E-state index contributed by atoms with van der Waals surface area (Å²) in [6.45, 7) is 10.0. The number of nitrogens with zero attached hydrogens (tertiary/aromatic N) is 6. The molecule has 1 aromatic heterocycles. The van der Waals surface area contributed by atoms with Crippen molar-refractivity contribution >= 4 is 0 Å². The van der Waals surface area contributed by atoms with Gasteiger partial charge in [-0.1, -0.05) is 32.8 Å². The topological polar surface area (TPSA) is 68.5 Å². The third-order valence-electron chi connectivity index (χ3n) is 6.87. The number of benzene rings is 1. The molecule has 0 spiro atoms. The van der Waals surface area contributed by atoms with Crippen LogP contribution in [0.3, 0.4) is 0 Å². The molecule has 1 atom stereocenters. The Balaban J connectivity index is 1.24. The second-order valence-electron chi connectivity index (χ2n) is 9.57. The lowest BCUT2D eigenvalue weighted by Crippen LogP contribution is -2.48. The Kier molecular flexibility index (Phi) is 6.09. The van der Waals surface area contributed by atoms with E-state index < -0.39 is 0 Å². The minimum Gasteiger partial charge on any atom is -0.454 e. The van der Waals surface area contributed by atoms with Gasteiger partial charge in [0.25, 0.3) is 0 Å². The maximum atomic E-state index is 5.54. The lowest BCUT2D eigenvalue weighted by molar-refractivity contribution is 0.0759. The molecule has 2 aromatic rings. The first-order valence-corrected chi connectivity index (χ1v) is 11.8. The van der Waals surface area contributed by atoms with Crippen molar-refractivity contribution < 1.29 is 9.47 Å². The van der Waals surface area contributed by atoms with Gasteiger partial charge in [0.2, 0.25) is 6.79 Å². The van der Waals surface area contributed by atoms with E-state index in [4.69, 9.17) is 9.47 Å². The highest BCUT2D eigenvalue weighted by Crippen LogP contribution is 2.35. The van der Waals surface area contributed by atoms with Crippen LogP contribution in [0, 0.1) is 5.92 Å². The van der Waals surface area contributed by atoms with Gasteiger partial charge in [0.15, 0.2) is 17.3 Å². The van der Waals surface area contributed by atoms with Crippen LogP contribution in [0.25, 0.3) is 0 Å². The lowest BCUT2D eigenvalue weighted by atomic mass is 10.0. The quantitative estimate of drug-likeness (QED) is 0.672. The smallest absolute Gasteiger partial charge is 0.231 e. The number of fused-ring (bicyclic) bond motifs is 1. The average molecular weight is 427 g/mol. The van der Waals surface area contributed by atoms with Crippen molar-refractivity contribution in [1.82, 2.24) is 30.0 Å². The third-order valence-corrected chi connectivity index (χ3v) is 6.87. The summed E-state index contributed by atoms with van der Waals surface area (Å²) in [5, 5.41) is 13.0. The van der Waals surface area contributed by atoms with Crippen molar-refractivity contribution in [3.05, 3.63) is 29.6 Å². The summed E-state index contributed by atoms with van der Waals surface area (Å²) < 4.78 is 13.1. The summed E-state index contributed by atoms with van der Waals surface area (Å²) in [6.07, 6.45) is 6.08. The Morgan fingerprint density at radius 2 is 1.81 bits per heavy atom. The number of ether oxygens (including phenoxy) is 2. The monoisotopic (exact) mass is 426 g/mol. The first-order chi connectivity index (χ1) is 15.2. The van der Waals surface area contributed by atoms with Crippen molar-refractivity contribution in [1.29, 1.82) is 0 Å². The van der Waals surface area contributed by atoms with Gasteiger partial charge in [0.05, 0.1) is 12.1 Å². The molecule has 8 heteroatoms. The number of piperazine rings is 1. The van der Waals surface area contributed by atoms with Gasteiger partial charge in [0, 0.05) is 32.7 Å². The molecule has 3 heterocycles. The molecular formula is C23H34N6O2. The van der Waals surface area contributed by atoms with Gasteiger partial charge in [-0.3, -0.25) is 9.80 Å². The normalized spacial score (nSPS) is 21.3. The van der Waals surface area contributed by atoms with E-state index in [1.165, 1.54) is 31.2 Å². The summed E-state index contributed by atoms with van der Waals surface area (Å²) in [5.41, 5.74) is 1.28. The summed E-state index contributed by atoms with van der Waals surface area (Å²) in [5.74, 6) is 3.40. The summed E-state index contributed by atoms with van der Waals surface area (Å²) in [7, 11) is 0. The molecule has 0 bridgehead atoms. The molecule has 1 saturated carbocycles. The molecule has 0 radical (unpaired) electrons. The van der Waals surface area contributed by atoms with E-state index in [9.17, 15) is 0 Å². The fraction of sp³-hybridized carbons (Fsp3) is 0.696. The van der Waals surface area contributed by atoms with E-state index in [0.29, 0.717) is 24.8 Å². The van der Waals surface area contributed by atoms with E-state index in [0.717, 1.165) is 56.5 Å².